The number of nitrogens with one attached hydrogen (secondary N) is 1. The first-order valence-electron chi connectivity index (χ1n) is 9.85. The fraction of sp³-hybridized carbons (Fsp3) is 0.0833. The molecule has 0 saturated carbocycles. The van der Waals surface area contributed by atoms with Gasteiger partial charge >= 0.3 is 5.91 Å². The first-order chi connectivity index (χ1) is 15.9. The Morgan fingerprint density at radius 1 is 1.03 bits per heavy atom. The molecule has 2 heterocycles. The second-order valence-electron chi connectivity index (χ2n) is 7.08. The van der Waals surface area contributed by atoms with Crippen LogP contribution in [0.4, 0.5) is 0 Å². The first kappa shape index (κ1) is 22.5. The van der Waals surface area contributed by atoms with Crippen LogP contribution in [-0.4, -0.2) is 25.4 Å². The van der Waals surface area contributed by atoms with Crippen LogP contribution in [0.25, 0.3) is 10.9 Å². The van der Waals surface area contributed by atoms with Gasteiger partial charge in [-0.3, -0.25) is 9.78 Å². The van der Waals surface area contributed by atoms with Crippen molar-refractivity contribution < 1.29 is 13.2 Å². The molecular formula is C24H17N3O4S2. The van der Waals surface area contributed by atoms with Crippen LogP contribution in [0, 0.1) is 16.7 Å². The van der Waals surface area contributed by atoms with Crippen LogP contribution in [0.1, 0.15) is 16.0 Å². The highest BCUT2D eigenvalue weighted by Crippen LogP contribution is 2.22. The second-order valence-corrected chi connectivity index (χ2v) is 10.1. The smallest absolute Gasteiger partial charge is 0.267 e. The summed E-state index contributed by atoms with van der Waals surface area (Å²) in [4.78, 5) is 27.9. The molecule has 4 aromatic rings. The number of rotatable bonds is 6. The number of nitrogens with zero attached hydrogens (tertiary/aromatic N) is 2. The van der Waals surface area contributed by atoms with Gasteiger partial charge in [0.1, 0.15) is 10.3 Å². The maximum absolute atomic E-state index is 12.9. The summed E-state index contributed by atoms with van der Waals surface area (Å²) in [6.45, 7) is 0. The molecule has 7 nitrogen and oxygen atoms in total. The molecule has 2 aromatic heterocycles. The third-order valence-corrected chi connectivity index (χ3v) is 7.69. The molecule has 1 unspecified atom stereocenters. The van der Waals surface area contributed by atoms with E-state index in [9.17, 15) is 18.1 Å². The van der Waals surface area contributed by atoms with Gasteiger partial charge in [-0.2, -0.15) is 4.72 Å². The van der Waals surface area contributed by atoms with Gasteiger partial charge in [0.25, 0.3) is 10.0 Å². The van der Waals surface area contributed by atoms with Crippen molar-refractivity contribution in [3.8, 4) is 11.8 Å². The fourth-order valence-corrected chi connectivity index (χ4v) is 5.50. The summed E-state index contributed by atoms with van der Waals surface area (Å²) in [6, 6.07) is 20.2. The largest absolute Gasteiger partial charge is 0.304 e. The Morgan fingerprint density at radius 2 is 1.79 bits per heavy atom. The Morgan fingerprint density at radius 3 is 2.58 bits per heavy atom. The quantitative estimate of drug-likeness (QED) is 0.337. The van der Waals surface area contributed by atoms with Crippen molar-refractivity contribution in [3.05, 3.63) is 99.9 Å². The molecule has 0 bridgehead atoms. The molecule has 0 saturated heterocycles. The molecule has 0 aliphatic carbocycles. The number of fused-ring (bicyclic) bond motifs is 1. The topological polar surface area (TPSA) is 106 Å². The third kappa shape index (κ3) is 5.56. The zero-order chi connectivity index (χ0) is 23.3. The Kier molecular flexibility index (Phi) is 6.70. The van der Waals surface area contributed by atoms with Gasteiger partial charge in [0.2, 0.25) is 0 Å². The Labute approximate surface area is 194 Å². The Hall–Kier alpha value is -3.71. The molecule has 2 aromatic carbocycles. The Bertz CT molecular complexity index is 1490. The van der Waals surface area contributed by atoms with E-state index in [4.69, 9.17) is 0 Å². The van der Waals surface area contributed by atoms with E-state index in [1.54, 1.807) is 18.3 Å². The summed E-state index contributed by atoms with van der Waals surface area (Å²) in [5.41, 5.74) is 2.17. The lowest BCUT2D eigenvalue weighted by Gasteiger charge is -2.14. The SMILES string of the molecule is O=NC(=O)C(Cc1cnc2ccccc2c1)NS(=O)(=O)c1ccc(C#Cc2ccccc2)s1. The lowest BCUT2D eigenvalue weighted by Crippen LogP contribution is -2.41. The average Bonchev–Trinajstić information content (AvgIpc) is 3.32. The molecule has 0 fully saturated rings. The van der Waals surface area contributed by atoms with Gasteiger partial charge in [0.15, 0.2) is 0 Å². The molecule has 1 N–H and O–H groups in total. The highest BCUT2D eigenvalue weighted by Gasteiger charge is 2.28. The molecule has 33 heavy (non-hydrogen) atoms. The van der Waals surface area contributed by atoms with E-state index in [1.165, 1.54) is 6.07 Å². The van der Waals surface area contributed by atoms with E-state index in [0.717, 1.165) is 27.8 Å². The van der Waals surface area contributed by atoms with Gasteiger partial charge in [0, 0.05) is 22.3 Å². The molecule has 0 radical (unpaired) electrons. The molecule has 9 heteroatoms. The van der Waals surface area contributed by atoms with Crippen molar-refractivity contribution in [2.24, 2.45) is 5.18 Å². The minimum Gasteiger partial charge on any atom is -0.267 e. The number of hydrogen-bond acceptors (Lipinski definition) is 6. The lowest BCUT2D eigenvalue weighted by molar-refractivity contribution is -0.119. The van der Waals surface area contributed by atoms with Crippen molar-refractivity contribution in [2.75, 3.05) is 0 Å². The molecule has 1 amide bonds. The van der Waals surface area contributed by atoms with Gasteiger partial charge in [-0.15, -0.1) is 16.2 Å². The number of pyridine rings is 1. The van der Waals surface area contributed by atoms with Crippen molar-refractivity contribution in [1.82, 2.24) is 9.71 Å². The van der Waals surface area contributed by atoms with Crippen molar-refractivity contribution in [1.29, 1.82) is 0 Å². The minimum atomic E-state index is -4.08. The van der Waals surface area contributed by atoms with E-state index in [-0.39, 0.29) is 10.6 Å². The third-order valence-electron chi connectivity index (χ3n) is 4.72. The number of aromatic nitrogens is 1. The van der Waals surface area contributed by atoms with Gasteiger partial charge in [-0.1, -0.05) is 48.2 Å². The summed E-state index contributed by atoms with van der Waals surface area (Å²) in [6.07, 6.45) is 1.48. The summed E-state index contributed by atoms with van der Waals surface area (Å²) >= 11 is 0.972. The number of sulfonamides is 1. The number of thiophene rings is 1. The molecule has 4 rings (SSSR count). The van der Waals surface area contributed by atoms with Gasteiger partial charge in [-0.25, -0.2) is 8.42 Å². The zero-order valence-electron chi connectivity index (χ0n) is 17.1. The minimum absolute atomic E-state index is 0.0137. The number of amides is 1. The van der Waals surface area contributed by atoms with Crippen molar-refractivity contribution in [2.45, 2.75) is 16.7 Å². The van der Waals surface area contributed by atoms with Crippen LogP contribution < -0.4 is 4.72 Å². The van der Waals surface area contributed by atoms with E-state index >= 15 is 0 Å². The molecule has 0 spiro atoms. The number of carbonyl (C=O) groups is 1. The lowest BCUT2D eigenvalue weighted by atomic mass is 10.1. The average molecular weight is 476 g/mol. The second kappa shape index (κ2) is 9.83. The van der Waals surface area contributed by atoms with Gasteiger partial charge in [0.05, 0.1) is 10.4 Å². The number of hydrogen-bond donors (Lipinski definition) is 1. The number of carbonyl (C=O) groups excluding carboxylic acids is 1. The van der Waals surface area contributed by atoms with E-state index < -0.39 is 22.0 Å². The predicted octanol–water partition coefficient (Wildman–Crippen LogP) is 3.88. The number of benzene rings is 2. The zero-order valence-corrected chi connectivity index (χ0v) is 18.8. The highest BCUT2D eigenvalue weighted by atomic mass is 32.2. The van der Waals surface area contributed by atoms with Gasteiger partial charge in [-0.05, 0) is 48.4 Å². The normalized spacial score (nSPS) is 12.0. The van der Waals surface area contributed by atoms with Crippen molar-refractivity contribution >= 4 is 38.2 Å². The monoisotopic (exact) mass is 475 g/mol. The molecule has 0 aliphatic heterocycles. The predicted molar refractivity (Wildman–Crippen MR) is 127 cm³/mol. The van der Waals surface area contributed by atoms with Crippen LogP contribution in [0.5, 0.6) is 0 Å². The van der Waals surface area contributed by atoms with Gasteiger partial charge < -0.3 is 0 Å². The molecule has 0 aliphatic rings. The highest BCUT2D eigenvalue weighted by molar-refractivity contribution is 7.91. The van der Waals surface area contributed by atoms with Crippen LogP contribution in [-0.2, 0) is 21.2 Å². The van der Waals surface area contributed by atoms with Crippen molar-refractivity contribution in [3.63, 3.8) is 0 Å². The van der Waals surface area contributed by atoms with Crippen LogP contribution >= 0.6 is 11.3 Å². The number of nitroso groups, excluding NO2 is 1. The molecule has 164 valence electrons. The number of para-hydroxylation sites is 1. The molecular weight excluding hydrogens is 458 g/mol. The van der Waals surface area contributed by atoms with Crippen LogP contribution in [0.15, 0.2) is 88.4 Å². The van der Waals surface area contributed by atoms with E-state index in [2.05, 4.69) is 26.7 Å². The summed E-state index contributed by atoms with van der Waals surface area (Å²) < 4.78 is 28.1. The standard InChI is InChI=1S/C24H17N3O4S2/c28-24(26-29)22(15-18-14-19-8-4-5-9-21(19)25-16-18)27-33(30,31)23-13-12-20(32-23)11-10-17-6-2-1-3-7-17/h1-9,12-14,16,22,27H,15H2. The Balaban J connectivity index is 1.54. The first-order valence-corrected chi connectivity index (χ1v) is 12.1. The fourth-order valence-electron chi connectivity index (χ4n) is 3.14. The summed E-state index contributed by atoms with van der Waals surface area (Å²) in [7, 11) is -4.08. The maximum atomic E-state index is 12.9. The van der Waals surface area contributed by atoms with Crippen LogP contribution in [0.3, 0.4) is 0 Å². The van der Waals surface area contributed by atoms with Crippen LogP contribution in [0.2, 0.25) is 0 Å². The van der Waals surface area contributed by atoms with E-state index in [1.807, 2.05) is 54.6 Å². The summed E-state index contributed by atoms with van der Waals surface area (Å²) in [5, 5.41) is 3.27. The maximum Gasteiger partial charge on any atom is 0.304 e. The molecule has 1 atom stereocenters. The van der Waals surface area contributed by atoms with E-state index in [0.29, 0.717) is 10.4 Å². The summed E-state index contributed by atoms with van der Waals surface area (Å²) in [5.74, 6) is 4.79.